The van der Waals surface area contributed by atoms with Crippen LogP contribution in [0.4, 0.5) is 0 Å². The zero-order chi connectivity index (χ0) is 16.7. The van der Waals surface area contributed by atoms with Crippen LogP contribution in [0.1, 0.15) is 55.2 Å². The van der Waals surface area contributed by atoms with Gasteiger partial charge in [0.25, 0.3) is 0 Å². The van der Waals surface area contributed by atoms with E-state index in [-0.39, 0.29) is 5.91 Å². The predicted molar refractivity (Wildman–Crippen MR) is 86.2 cm³/mol. The van der Waals surface area contributed by atoms with Gasteiger partial charge in [0.2, 0.25) is 5.91 Å². The van der Waals surface area contributed by atoms with Crippen LogP contribution >= 0.6 is 0 Å². The zero-order valence-corrected chi connectivity index (χ0v) is 14.2. The van der Waals surface area contributed by atoms with Gasteiger partial charge < -0.3 is 9.42 Å². The maximum Gasteiger partial charge on any atom is 0.223 e. The maximum atomic E-state index is 12.8. The van der Waals surface area contributed by atoms with E-state index in [1.54, 1.807) is 12.7 Å². The lowest BCUT2D eigenvalue weighted by Gasteiger charge is -2.39. The second-order valence-electron chi connectivity index (χ2n) is 6.99. The Hall–Kier alpha value is -2.18. The van der Waals surface area contributed by atoms with Gasteiger partial charge in [0.15, 0.2) is 0 Å². The molecular weight excluding hydrogens is 306 g/mol. The first kappa shape index (κ1) is 15.4. The molecule has 24 heavy (non-hydrogen) atoms. The van der Waals surface area contributed by atoms with E-state index in [1.807, 2.05) is 18.5 Å². The third-order valence-electron chi connectivity index (χ3n) is 5.58. The van der Waals surface area contributed by atoms with E-state index in [0.29, 0.717) is 31.0 Å². The molecule has 4 rings (SSSR count). The van der Waals surface area contributed by atoms with E-state index in [4.69, 9.17) is 4.52 Å². The van der Waals surface area contributed by atoms with E-state index in [9.17, 15) is 4.79 Å². The lowest BCUT2D eigenvalue weighted by molar-refractivity contribution is -0.136. The van der Waals surface area contributed by atoms with Crippen LogP contribution in [0.5, 0.6) is 0 Å². The Balaban J connectivity index is 1.41. The summed E-state index contributed by atoms with van der Waals surface area (Å²) < 4.78 is 7.15. The highest BCUT2D eigenvalue weighted by Crippen LogP contribution is 2.40. The summed E-state index contributed by atoms with van der Waals surface area (Å²) in [5.74, 6) is 1.09. The third-order valence-corrected chi connectivity index (χ3v) is 5.58. The Bertz CT molecular complexity index is 690. The molecule has 7 heteroatoms. The highest BCUT2D eigenvalue weighted by Gasteiger charge is 2.43. The number of piperidine rings is 1. The first-order chi connectivity index (χ1) is 11.6. The minimum absolute atomic E-state index is 0.263. The quantitative estimate of drug-likeness (QED) is 0.859. The number of hydrogen-bond acceptors (Lipinski definition) is 5. The van der Waals surface area contributed by atoms with E-state index < -0.39 is 0 Å². The fraction of sp³-hybridized carbons (Fsp3) is 0.647. The molecule has 0 N–H and O–H groups in total. The first-order valence-corrected chi connectivity index (χ1v) is 8.70. The van der Waals surface area contributed by atoms with Gasteiger partial charge >= 0.3 is 0 Å². The number of carbonyl (C=O) groups is 1. The van der Waals surface area contributed by atoms with E-state index in [2.05, 4.69) is 20.1 Å². The van der Waals surface area contributed by atoms with Crippen LogP contribution in [-0.2, 0) is 11.2 Å². The van der Waals surface area contributed by atoms with E-state index in [0.717, 1.165) is 42.7 Å². The highest BCUT2D eigenvalue weighted by atomic mass is 16.5. The summed E-state index contributed by atoms with van der Waals surface area (Å²) in [4.78, 5) is 19.0. The lowest BCUT2D eigenvalue weighted by Crippen LogP contribution is -2.47. The van der Waals surface area contributed by atoms with E-state index >= 15 is 0 Å². The molecule has 2 atom stereocenters. The van der Waals surface area contributed by atoms with Crippen molar-refractivity contribution in [2.45, 2.75) is 70.5 Å². The van der Waals surface area contributed by atoms with Crippen molar-refractivity contribution in [3.63, 3.8) is 0 Å². The van der Waals surface area contributed by atoms with Gasteiger partial charge in [-0.1, -0.05) is 5.16 Å². The van der Waals surface area contributed by atoms with E-state index in [1.165, 1.54) is 0 Å². The molecule has 128 valence electrons. The SMILES string of the molecule is Cc1noc(C)c1CCC(=O)N1C2CCC1CC(n1cncn1)C2. The molecule has 4 heterocycles. The van der Waals surface area contributed by atoms with Gasteiger partial charge in [0.1, 0.15) is 18.4 Å². The van der Waals surface area contributed by atoms with Gasteiger partial charge in [-0.25, -0.2) is 9.67 Å². The Kier molecular flexibility index (Phi) is 3.86. The van der Waals surface area contributed by atoms with Gasteiger partial charge in [0, 0.05) is 24.1 Å². The summed E-state index contributed by atoms with van der Waals surface area (Å²) in [6.45, 7) is 3.84. The number of rotatable bonds is 4. The zero-order valence-electron chi connectivity index (χ0n) is 14.2. The van der Waals surface area contributed by atoms with Gasteiger partial charge in [-0.05, 0) is 46.0 Å². The second-order valence-corrected chi connectivity index (χ2v) is 6.99. The van der Waals surface area contributed by atoms with Crippen molar-refractivity contribution < 1.29 is 9.32 Å². The standard InChI is InChI=1S/C17H23N5O2/c1-11-16(12(2)24-20-11)5-6-17(23)22-13-3-4-14(22)8-15(7-13)21-10-18-9-19-21/h9-10,13-15H,3-8H2,1-2H3. The maximum absolute atomic E-state index is 12.8. The normalized spacial score (nSPS) is 26.1. The Labute approximate surface area is 141 Å². The molecule has 2 aromatic heterocycles. The first-order valence-electron chi connectivity index (χ1n) is 8.70. The molecule has 2 aromatic rings. The number of aromatic nitrogens is 4. The Morgan fingerprint density at radius 2 is 2.00 bits per heavy atom. The predicted octanol–water partition coefficient (Wildman–Crippen LogP) is 2.21. The van der Waals surface area contributed by atoms with Crippen LogP contribution in [0.15, 0.2) is 17.2 Å². The van der Waals surface area contributed by atoms with Gasteiger partial charge in [-0.2, -0.15) is 5.10 Å². The molecule has 2 unspecified atom stereocenters. The van der Waals surface area contributed by atoms with Crippen LogP contribution in [0.3, 0.4) is 0 Å². The van der Waals surface area contributed by atoms with Crippen LogP contribution in [0, 0.1) is 13.8 Å². The molecule has 7 nitrogen and oxygen atoms in total. The molecule has 0 aromatic carbocycles. The Morgan fingerprint density at radius 1 is 1.25 bits per heavy atom. The number of hydrogen-bond donors (Lipinski definition) is 0. The lowest BCUT2D eigenvalue weighted by atomic mass is 9.96. The number of nitrogens with zero attached hydrogens (tertiary/aromatic N) is 5. The molecule has 2 bridgehead atoms. The average molecular weight is 329 g/mol. The third kappa shape index (κ3) is 2.61. The van der Waals surface area contributed by atoms with Crippen molar-refractivity contribution >= 4 is 5.91 Å². The summed E-state index contributed by atoms with van der Waals surface area (Å²) >= 11 is 0. The number of amides is 1. The summed E-state index contributed by atoms with van der Waals surface area (Å²) in [5.41, 5.74) is 1.97. The molecule has 2 saturated heterocycles. The van der Waals surface area contributed by atoms with Crippen molar-refractivity contribution in [1.82, 2.24) is 24.8 Å². The van der Waals surface area contributed by atoms with Crippen molar-refractivity contribution in [3.05, 3.63) is 29.7 Å². The molecule has 0 aliphatic carbocycles. The number of fused-ring (bicyclic) bond motifs is 2. The average Bonchev–Trinajstić information content (AvgIpc) is 3.26. The minimum Gasteiger partial charge on any atom is -0.361 e. The van der Waals surface area contributed by atoms with Gasteiger partial charge in [0.05, 0.1) is 11.7 Å². The molecule has 2 aliphatic rings. The summed E-state index contributed by atoms with van der Waals surface area (Å²) in [5, 5.41) is 8.25. The monoisotopic (exact) mass is 329 g/mol. The smallest absolute Gasteiger partial charge is 0.223 e. The topological polar surface area (TPSA) is 77.0 Å². The second kappa shape index (κ2) is 6.03. The van der Waals surface area contributed by atoms with Crippen molar-refractivity contribution in [1.29, 1.82) is 0 Å². The molecule has 0 radical (unpaired) electrons. The fourth-order valence-corrected chi connectivity index (χ4v) is 4.40. The van der Waals surface area contributed by atoms with Crippen molar-refractivity contribution in [2.75, 3.05) is 0 Å². The largest absolute Gasteiger partial charge is 0.361 e. The molecular formula is C17H23N5O2. The molecule has 2 fully saturated rings. The number of aryl methyl sites for hydroxylation is 2. The molecule has 1 amide bonds. The highest BCUT2D eigenvalue weighted by molar-refractivity contribution is 5.77. The van der Waals surface area contributed by atoms with Crippen LogP contribution < -0.4 is 0 Å². The van der Waals surface area contributed by atoms with Crippen LogP contribution in [0.2, 0.25) is 0 Å². The van der Waals surface area contributed by atoms with Crippen LogP contribution in [-0.4, -0.2) is 42.8 Å². The number of carbonyl (C=O) groups excluding carboxylic acids is 1. The molecule has 2 aliphatic heterocycles. The molecule has 0 spiro atoms. The van der Waals surface area contributed by atoms with Crippen molar-refractivity contribution in [3.8, 4) is 0 Å². The summed E-state index contributed by atoms with van der Waals surface area (Å²) in [7, 11) is 0. The van der Waals surface area contributed by atoms with Gasteiger partial charge in [-0.15, -0.1) is 0 Å². The molecule has 0 saturated carbocycles. The fourth-order valence-electron chi connectivity index (χ4n) is 4.40. The summed E-state index contributed by atoms with van der Waals surface area (Å²) in [6.07, 6.45) is 8.79. The van der Waals surface area contributed by atoms with Gasteiger partial charge in [-0.3, -0.25) is 4.79 Å². The van der Waals surface area contributed by atoms with Crippen molar-refractivity contribution in [2.24, 2.45) is 0 Å². The minimum atomic E-state index is 0.263. The Morgan fingerprint density at radius 3 is 2.58 bits per heavy atom. The summed E-state index contributed by atoms with van der Waals surface area (Å²) in [6, 6.07) is 1.06. The van der Waals surface area contributed by atoms with Crippen LogP contribution in [0.25, 0.3) is 0 Å².